The van der Waals surface area contributed by atoms with Crippen molar-refractivity contribution in [1.82, 2.24) is 10.3 Å². The number of pyridine rings is 1. The normalized spacial score (nSPS) is 9.67. The Balaban J connectivity index is 2.54. The summed E-state index contributed by atoms with van der Waals surface area (Å²) in [4.78, 5) is 25.3. The number of aliphatic carboxylic acids is 1. The second kappa shape index (κ2) is 5.31. The number of carbonyl (C=O) groups excluding carboxylic acids is 1. The van der Waals surface area contributed by atoms with Crippen LogP contribution in [0.4, 0.5) is 0 Å². The summed E-state index contributed by atoms with van der Waals surface area (Å²) in [5, 5.41) is 10.9. The first-order valence-corrected chi connectivity index (χ1v) is 4.59. The van der Waals surface area contributed by atoms with E-state index in [1.807, 2.05) is 0 Å². The molecule has 80 valence electrons. The van der Waals surface area contributed by atoms with Gasteiger partial charge < -0.3 is 10.4 Å². The van der Waals surface area contributed by atoms with E-state index >= 15 is 0 Å². The van der Waals surface area contributed by atoms with Crippen molar-refractivity contribution >= 4 is 23.5 Å². The van der Waals surface area contributed by atoms with Gasteiger partial charge in [0.25, 0.3) is 5.91 Å². The molecule has 1 amide bonds. The molecular weight excluding hydrogens is 220 g/mol. The molecule has 2 N–H and O–H groups in total. The third-order valence-corrected chi connectivity index (χ3v) is 1.93. The number of rotatable bonds is 4. The van der Waals surface area contributed by atoms with Crippen LogP contribution in [0.25, 0.3) is 0 Å². The van der Waals surface area contributed by atoms with E-state index in [-0.39, 0.29) is 23.7 Å². The van der Waals surface area contributed by atoms with Crippen LogP contribution in [-0.2, 0) is 4.79 Å². The molecule has 0 aliphatic carbocycles. The van der Waals surface area contributed by atoms with E-state index in [1.165, 1.54) is 12.3 Å². The van der Waals surface area contributed by atoms with Crippen molar-refractivity contribution in [2.45, 2.75) is 6.42 Å². The molecule has 1 aromatic rings. The van der Waals surface area contributed by atoms with Gasteiger partial charge in [-0.05, 0) is 12.1 Å². The molecule has 0 fully saturated rings. The van der Waals surface area contributed by atoms with E-state index < -0.39 is 11.9 Å². The molecule has 0 aliphatic rings. The van der Waals surface area contributed by atoms with E-state index in [0.29, 0.717) is 0 Å². The van der Waals surface area contributed by atoms with E-state index in [9.17, 15) is 9.59 Å². The standard InChI is InChI=1S/C9H9ClN2O3/c10-8-6(2-1-4-11-8)9(15)12-5-3-7(13)14/h1-2,4H,3,5H2,(H,12,15)(H,13,14). The summed E-state index contributed by atoms with van der Waals surface area (Å²) in [6, 6.07) is 3.10. The minimum absolute atomic E-state index is 0.0688. The van der Waals surface area contributed by atoms with Gasteiger partial charge in [0.2, 0.25) is 0 Å². The molecule has 6 heteroatoms. The minimum atomic E-state index is -0.965. The van der Waals surface area contributed by atoms with Crippen LogP contribution in [0.3, 0.4) is 0 Å². The van der Waals surface area contributed by atoms with Gasteiger partial charge in [0.15, 0.2) is 0 Å². The molecule has 1 heterocycles. The molecule has 0 unspecified atom stereocenters. The molecule has 0 aromatic carbocycles. The zero-order valence-corrected chi connectivity index (χ0v) is 8.49. The van der Waals surface area contributed by atoms with E-state index in [0.717, 1.165) is 0 Å². The molecule has 0 atom stereocenters. The van der Waals surface area contributed by atoms with Crippen LogP contribution in [-0.4, -0.2) is 28.5 Å². The number of halogens is 1. The summed E-state index contributed by atoms with van der Waals surface area (Å²) in [6.07, 6.45) is 1.35. The van der Waals surface area contributed by atoms with Crippen LogP contribution in [0.15, 0.2) is 18.3 Å². The summed E-state index contributed by atoms with van der Waals surface area (Å²) < 4.78 is 0. The van der Waals surface area contributed by atoms with Crippen LogP contribution in [0.1, 0.15) is 16.8 Å². The Bertz CT molecular complexity index is 381. The van der Waals surface area contributed by atoms with Crippen LogP contribution < -0.4 is 5.32 Å². The molecule has 0 aliphatic heterocycles. The van der Waals surface area contributed by atoms with Crippen molar-refractivity contribution in [2.75, 3.05) is 6.54 Å². The highest BCUT2D eigenvalue weighted by Gasteiger charge is 2.09. The highest BCUT2D eigenvalue weighted by molar-refractivity contribution is 6.32. The molecule has 0 bridgehead atoms. The smallest absolute Gasteiger partial charge is 0.305 e. The lowest BCUT2D eigenvalue weighted by atomic mass is 10.2. The molecule has 1 rings (SSSR count). The number of amides is 1. The first kappa shape index (κ1) is 11.5. The quantitative estimate of drug-likeness (QED) is 0.752. The van der Waals surface area contributed by atoms with Crippen molar-refractivity contribution in [3.05, 3.63) is 29.0 Å². The molecule has 1 aromatic heterocycles. The van der Waals surface area contributed by atoms with Gasteiger partial charge in [-0.25, -0.2) is 4.98 Å². The van der Waals surface area contributed by atoms with E-state index in [1.54, 1.807) is 6.07 Å². The molecular formula is C9H9ClN2O3. The Hall–Kier alpha value is -1.62. The number of carboxylic acid groups (broad SMARTS) is 1. The van der Waals surface area contributed by atoms with Gasteiger partial charge in [-0.2, -0.15) is 0 Å². The lowest BCUT2D eigenvalue weighted by Crippen LogP contribution is -2.26. The summed E-state index contributed by atoms with van der Waals surface area (Å²) in [6.45, 7) is 0.0688. The van der Waals surface area contributed by atoms with Crippen molar-refractivity contribution < 1.29 is 14.7 Å². The van der Waals surface area contributed by atoms with Gasteiger partial charge in [-0.15, -0.1) is 0 Å². The van der Waals surface area contributed by atoms with E-state index in [4.69, 9.17) is 16.7 Å². The predicted molar refractivity (Wildman–Crippen MR) is 53.8 cm³/mol. The predicted octanol–water partition coefficient (Wildman–Crippen LogP) is 0.939. The number of carboxylic acids is 1. The maximum Gasteiger partial charge on any atom is 0.305 e. The fourth-order valence-corrected chi connectivity index (χ4v) is 1.14. The zero-order valence-electron chi connectivity index (χ0n) is 7.74. The van der Waals surface area contributed by atoms with Crippen molar-refractivity contribution in [3.8, 4) is 0 Å². The van der Waals surface area contributed by atoms with Gasteiger partial charge >= 0.3 is 5.97 Å². The lowest BCUT2D eigenvalue weighted by Gasteiger charge is -2.03. The number of nitrogens with one attached hydrogen (secondary N) is 1. The van der Waals surface area contributed by atoms with Gasteiger partial charge in [0.05, 0.1) is 12.0 Å². The molecule has 0 spiro atoms. The third-order valence-electron chi connectivity index (χ3n) is 1.63. The van der Waals surface area contributed by atoms with Gasteiger partial charge in [-0.3, -0.25) is 9.59 Å². The Kier molecular flexibility index (Phi) is 4.05. The average molecular weight is 229 g/mol. The fourth-order valence-electron chi connectivity index (χ4n) is 0.934. The van der Waals surface area contributed by atoms with Crippen molar-refractivity contribution in [2.24, 2.45) is 0 Å². The zero-order chi connectivity index (χ0) is 11.3. The van der Waals surface area contributed by atoms with Crippen molar-refractivity contribution in [3.63, 3.8) is 0 Å². The number of hydrogen-bond donors (Lipinski definition) is 2. The number of nitrogens with zero attached hydrogens (tertiary/aromatic N) is 1. The largest absolute Gasteiger partial charge is 0.481 e. The van der Waals surface area contributed by atoms with E-state index in [2.05, 4.69) is 10.3 Å². The minimum Gasteiger partial charge on any atom is -0.481 e. The summed E-state index contributed by atoms with van der Waals surface area (Å²) in [5.41, 5.74) is 0.240. The first-order valence-electron chi connectivity index (χ1n) is 4.22. The van der Waals surface area contributed by atoms with Crippen LogP contribution in [0, 0.1) is 0 Å². The van der Waals surface area contributed by atoms with Gasteiger partial charge in [0.1, 0.15) is 5.15 Å². The lowest BCUT2D eigenvalue weighted by molar-refractivity contribution is -0.136. The molecule has 5 nitrogen and oxygen atoms in total. The van der Waals surface area contributed by atoms with Crippen molar-refractivity contribution in [1.29, 1.82) is 0 Å². The highest BCUT2D eigenvalue weighted by atomic mass is 35.5. The summed E-state index contributed by atoms with van der Waals surface area (Å²) in [7, 11) is 0. The monoisotopic (exact) mass is 228 g/mol. The number of carbonyl (C=O) groups is 2. The second-order valence-electron chi connectivity index (χ2n) is 2.74. The maximum atomic E-state index is 11.4. The Labute approximate surface area is 91.1 Å². The molecule has 0 radical (unpaired) electrons. The summed E-state index contributed by atoms with van der Waals surface area (Å²) in [5.74, 6) is -1.39. The average Bonchev–Trinajstić information content (AvgIpc) is 2.17. The molecule has 15 heavy (non-hydrogen) atoms. The maximum absolute atomic E-state index is 11.4. The Morgan fingerprint density at radius 1 is 1.53 bits per heavy atom. The topological polar surface area (TPSA) is 79.3 Å². The second-order valence-corrected chi connectivity index (χ2v) is 3.10. The Morgan fingerprint density at radius 3 is 2.87 bits per heavy atom. The first-order chi connectivity index (χ1) is 7.11. The summed E-state index contributed by atoms with van der Waals surface area (Å²) >= 11 is 5.67. The Morgan fingerprint density at radius 2 is 2.27 bits per heavy atom. The highest BCUT2D eigenvalue weighted by Crippen LogP contribution is 2.10. The third kappa shape index (κ3) is 3.55. The van der Waals surface area contributed by atoms with Crippen LogP contribution in [0.2, 0.25) is 5.15 Å². The fraction of sp³-hybridized carbons (Fsp3) is 0.222. The van der Waals surface area contributed by atoms with Crippen LogP contribution >= 0.6 is 11.6 Å². The SMILES string of the molecule is O=C(O)CCNC(=O)c1cccnc1Cl. The van der Waals surface area contributed by atoms with Gasteiger partial charge in [-0.1, -0.05) is 11.6 Å². The number of aromatic nitrogens is 1. The van der Waals surface area contributed by atoms with Crippen LogP contribution in [0.5, 0.6) is 0 Å². The number of hydrogen-bond acceptors (Lipinski definition) is 3. The molecule has 0 saturated carbocycles. The molecule has 0 saturated heterocycles. The van der Waals surface area contributed by atoms with Gasteiger partial charge in [0, 0.05) is 12.7 Å².